The van der Waals surface area contributed by atoms with Gasteiger partial charge in [-0.2, -0.15) is 0 Å². The van der Waals surface area contributed by atoms with E-state index >= 15 is 0 Å². The van der Waals surface area contributed by atoms with Crippen molar-refractivity contribution >= 4 is 16.9 Å². The second-order valence-corrected chi connectivity index (χ2v) is 2.80. The van der Waals surface area contributed by atoms with Crippen LogP contribution in [0, 0.1) is 10.1 Å². The van der Waals surface area contributed by atoms with Crippen molar-refractivity contribution in [3.8, 4) is 0 Å². The Labute approximate surface area is 69.4 Å². The van der Waals surface area contributed by atoms with E-state index in [2.05, 4.69) is 5.10 Å². The van der Waals surface area contributed by atoms with E-state index in [-0.39, 0.29) is 11.7 Å². The fourth-order valence-corrected chi connectivity index (χ4v) is 1.09. The monoisotopic (exact) mass is 191 g/mol. The number of hydrogen-bond acceptors (Lipinski definition) is 4. The van der Waals surface area contributed by atoms with E-state index in [9.17, 15) is 14.3 Å². The minimum Gasteiger partial charge on any atom is -0.358 e. The Morgan fingerprint density at radius 3 is 3.00 bits per heavy atom. The molecule has 0 bridgehead atoms. The van der Waals surface area contributed by atoms with Crippen LogP contribution in [0.15, 0.2) is 12.3 Å². The molecule has 0 aromatic carbocycles. The lowest BCUT2D eigenvalue weighted by atomic mass is 10.6. The van der Waals surface area contributed by atoms with Crippen molar-refractivity contribution in [2.75, 3.05) is 0 Å². The molecule has 8 heteroatoms. The van der Waals surface area contributed by atoms with Gasteiger partial charge in [0.25, 0.3) is 0 Å². The highest BCUT2D eigenvalue weighted by Crippen LogP contribution is 2.08. The van der Waals surface area contributed by atoms with E-state index in [1.54, 1.807) is 0 Å². The second kappa shape index (κ2) is 3.41. The number of aromatic nitrogens is 2. The molecule has 1 aromatic rings. The molecule has 1 N–H and O–H groups in total. The summed E-state index contributed by atoms with van der Waals surface area (Å²) in [6.07, 6.45) is 1.20. The Kier molecular flexibility index (Phi) is 2.51. The van der Waals surface area contributed by atoms with Crippen LogP contribution in [-0.4, -0.2) is 23.5 Å². The van der Waals surface area contributed by atoms with Crippen molar-refractivity contribution in [1.82, 2.24) is 9.78 Å². The van der Waals surface area contributed by atoms with Gasteiger partial charge in [0.15, 0.2) is 11.1 Å². The molecule has 0 spiro atoms. The fourth-order valence-electron chi connectivity index (χ4n) is 0.685. The molecule has 1 unspecified atom stereocenters. The third kappa shape index (κ3) is 1.86. The van der Waals surface area contributed by atoms with E-state index in [1.807, 2.05) is 0 Å². The molecule has 12 heavy (non-hydrogen) atoms. The lowest BCUT2D eigenvalue weighted by Crippen LogP contribution is -2.08. The SMILES string of the molecule is O=[N+]([O-])c1ccnn1CS(=O)O. The zero-order valence-corrected chi connectivity index (χ0v) is 6.60. The average molecular weight is 191 g/mol. The first-order chi connectivity index (χ1) is 5.61. The van der Waals surface area contributed by atoms with Crippen molar-refractivity contribution in [3.63, 3.8) is 0 Å². The smallest absolute Gasteiger partial charge is 0.345 e. The first kappa shape index (κ1) is 8.81. The first-order valence-corrected chi connectivity index (χ1v) is 4.12. The van der Waals surface area contributed by atoms with Crippen LogP contribution in [0.2, 0.25) is 0 Å². The summed E-state index contributed by atoms with van der Waals surface area (Å²) in [5.41, 5.74) is 0. The van der Waals surface area contributed by atoms with Gasteiger partial charge in [-0.25, -0.2) is 4.21 Å². The fraction of sp³-hybridized carbons (Fsp3) is 0.250. The number of nitrogens with zero attached hydrogens (tertiary/aromatic N) is 3. The highest BCUT2D eigenvalue weighted by Gasteiger charge is 2.14. The van der Waals surface area contributed by atoms with Crippen LogP contribution < -0.4 is 0 Å². The summed E-state index contributed by atoms with van der Waals surface area (Å²) in [7, 11) is 0. The van der Waals surface area contributed by atoms with Gasteiger partial charge in [0.1, 0.15) is 0 Å². The van der Waals surface area contributed by atoms with Crippen LogP contribution in [0.1, 0.15) is 0 Å². The van der Waals surface area contributed by atoms with E-state index in [1.165, 1.54) is 6.20 Å². The highest BCUT2D eigenvalue weighted by atomic mass is 32.2. The summed E-state index contributed by atoms with van der Waals surface area (Å²) >= 11 is -2.13. The Morgan fingerprint density at radius 1 is 1.83 bits per heavy atom. The maximum Gasteiger partial charge on any atom is 0.345 e. The predicted octanol–water partition coefficient (Wildman–Crippen LogP) is -0.0295. The molecule has 0 amide bonds. The van der Waals surface area contributed by atoms with Gasteiger partial charge in [0.05, 0.1) is 12.3 Å². The molecule has 1 atom stereocenters. The minimum absolute atomic E-state index is 0.294. The van der Waals surface area contributed by atoms with E-state index in [0.717, 1.165) is 10.7 Å². The third-order valence-corrected chi connectivity index (χ3v) is 1.58. The molecule has 1 rings (SSSR count). The Morgan fingerprint density at radius 2 is 2.50 bits per heavy atom. The van der Waals surface area contributed by atoms with Crippen LogP contribution >= 0.6 is 0 Å². The Balaban J connectivity index is 2.91. The summed E-state index contributed by atoms with van der Waals surface area (Å²) in [6, 6.07) is 1.16. The summed E-state index contributed by atoms with van der Waals surface area (Å²) < 4.78 is 19.5. The average Bonchev–Trinajstić information content (AvgIpc) is 2.33. The molecule has 0 radical (unpaired) electrons. The lowest BCUT2D eigenvalue weighted by Gasteiger charge is -1.94. The molecule has 7 nitrogen and oxygen atoms in total. The molecule has 0 aliphatic heterocycles. The molecule has 0 saturated carbocycles. The molecule has 1 heterocycles. The lowest BCUT2D eigenvalue weighted by molar-refractivity contribution is -0.392. The number of rotatable bonds is 3. The molecular formula is C4H5N3O4S. The molecule has 0 fully saturated rings. The van der Waals surface area contributed by atoms with Crippen molar-refractivity contribution < 1.29 is 13.7 Å². The zero-order chi connectivity index (χ0) is 9.14. The van der Waals surface area contributed by atoms with Gasteiger partial charge in [-0.3, -0.25) is 0 Å². The van der Waals surface area contributed by atoms with Gasteiger partial charge in [-0.15, -0.1) is 4.68 Å². The Hall–Kier alpha value is -1.28. The van der Waals surface area contributed by atoms with E-state index < -0.39 is 16.0 Å². The number of hydrogen-bond donors (Lipinski definition) is 1. The second-order valence-electron chi connectivity index (χ2n) is 1.90. The van der Waals surface area contributed by atoms with Gasteiger partial charge in [-0.05, 0) is 4.92 Å². The van der Waals surface area contributed by atoms with Crippen LogP contribution in [-0.2, 0) is 17.0 Å². The van der Waals surface area contributed by atoms with Crippen LogP contribution in [0.3, 0.4) is 0 Å². The van der Waals surface area contributed by atoms with Gasteiger partial charge in [-0.1, -0.05) is 5.10 Å². The first-order valence-electron chi connectivity index (χ1n) is 2.85. The zero-order valence-electron chi connectivity index (χ0n) is 5.78. The largest absolute Gasteiger partial charge is 0.358 e. The van der Waals surface area contributed by atoms with Crippen molar-refractivity contribution in [1.29, 1.82) is 0 Å². The Bertz CT molecular complexity index is 322. The van der Waals surface area contributed by atoms with E-state index in [4.69, 9.17) is 4.55 Å². The maximum absolute atomic E-state index is 10.3. The maximum atomic E-state index is 10.3. The minimum atomic E-state index is -2.13. The molecule has 0 aliphatic carbocycles. The van der Waals surface area contributed by atoms with Crippen LogP contribution in [0.4, 0.5) is 5.82 Å². The van der Waals surface area contributed by atoms with E-state index in [0.29, 0.717) is 0 Å². The molecule has 66 valence electrons. The molecule has 0 saturated heterocycles. The van der Waals surface area contributed by atoms with Crippen LogP contribution in [0.25, 0.3) is 0 Å². The predicted molar refractivity (Wildman–Crippen MR) is 39.7 cm³/mol. The van der Waals surface area contributed by atoms with Gasteiger partial charge < -0.3 is 14.7 Å². The normalized spacial score (nSPS) is 12.8. The topological polar surface area (TPSA) is 98.3 Å². The van der Waals surface area contributed by atoms with Crippen molar-refractivity contribution in [3.05, 3.63) is 22.4 Å². The summed E-state index contributed by atoms with van der Waals surface area (Å²) in [6.45, 7) is 0. The summed E-state index contributed by atoms with van der Waals surface area (Å²) in [4.78, 5) is 9.56. The number of nitro groups is 1. The quantitative estimate of drug-likeness (QED) is 0.411. The van der Waals surface area contributed by atoms with Gasteiger partial charge in [0, 0.05) is 0 Å². The summed E-state index contributed by atoms with van der Waals surface area (Å²) in [5, 5.41) is 13.7. The van der Waals surface area contributed by atoms with Gasteiger partial charge in [0.2, 0.25) is 5.88 Å². The third-order valence-electron chi connectivity index (χ3n) is 1.11. The van der Waals surface area contributed by atoms with Gasteiger partial charge >= 0.3 is 5.82 Å². The van der Waals surface area contributed by atoms with Crippen molar-refractivity contribution in [2.45, 2.75) is 5.88 Å². The standard InChI is InChI=1S/C4H5N3O4S/c8-7(9)4-1-2-5-6(4)3-12(10)11/h1-2H,3H2,(H,10,11). The van der Waals surface area contributed by atoms with Crippen LogP contribution in [0.5, 0.6) is 0 Å². The summed E-state index contributed by atoms with van der Waals surface area (Å²) in [5.74, 6) is -0.680. The molecule has 0 aliphatic rings. The molecular weight excluding hydrogens is 186 g/mol. The highest BCUT2D eigenvalue weighted by molar-refractivity contribution is 7.78. The molecule has 1 aromatic heterocycles. The van der Waals surface area contributed by atoms with Crippen molar-refractivity contribution in [2.24, 2.45) is 0 Å².